The van der Waals surface area contributed by atoms with Crippen LogP contribution in [-0.4, -0.2) is 30.1 Å². The summed E-state index contributed by atoms with van der Waals surface area (Å²) in [6.45, 7) is 12.3. The van der Waals surface area contributed by atoms with E-state index in [0.717, 1.165) is 19.2 Å². The van der Waals surface area contributed by atoms with E-state index in [2.05, 4.69) is 37.9 Å². The molecule has 1 aromatic carbocycles. The van der Waals surface area contributed by atoms with E-state index in [1.165, 1.54) is 12.1 Å². The van der Waals surface area contributed by atoms with Gasteiger partial charge in [0.2, 0.25) is 0 Å². The van der Waals surface area contributed by atoms with Crippen molar-refractivity contribution in [2.45, 2.75) is 52.7 Å². The maximum Gasteiger partial charge on any atom is 0.130 e. The molecule has 0 saturated carbocycles. The van der Waals surface area contributed by atoms with E-state index in [1.54, 1.807) is 0 Å². The van der Waals surface area contributed by atoms with E-state index in [1.807, 2.05) is 6.92 Å². The van der Waals surface area contributed by atoms with Gasteiger partial charge in [0.1, 0.15) is 11.6 Å². The Morgan fingerprint density at radius 1 is 1.05 bits per heavy atom. The van der Waals surface area contributed by atoms with Crippen LogP contribution in [0.15, 0.2) is 18.2 Å². The lowest BCUT2D eigenvalue weighted by Crippen LogP contribution is -2.41. The molecule has 1 rings (SSSR count). The van der Waals surface area contributed by atoms with Gasteiger partial charge >= 0.3 is 0 Å². The van der Waals surface area contributed by atoms with E-state index in [-0.39, 0.29) is 6.04 Å². The van der Waals surface area contributed by atoms with Crippen LogP contribution in [0.1, 0.15) is 46.2 Å². The smallest absolute Gasteiger partial charge is 0.130 e. The molecule has 0 heterocycles. The number of nitrogens with zero attached hydrogens (tertiary/aromatic N) is 1. The third-order valence-corrected chi connectivity index (χ3v) is 3.58. The Bertz CT molecular complexity index is 411. The predicted octanol–water partition coefficient (Wildman–Crippen LogP) is 3.73. The van der Waals surface area contributed by atoms with E-state index in [4.69, 9.17) is 0 Å². The third-order valence-electron chi connectivity index (χ3n) is 3.58. The van der Waals surface area contributed by atoms with Crippen molar-refractivity contribution in [2.75, 3.05) is 13.1 Å². The third kappa shape index (κ3) is 4.84. The first kappa shape index (κ1) is 17.1. The minimum Gasteiger partial charge on any atom is -0.309 e. The Hall–Kier alpha value is -1.00. The molecule has 0 bridgehead atoms. The first-order valence-electron chi connectivity index (χ1n) is 7.27. The van der Waals surface area contributed by atoms with Gasteiger partial charge in [-0.1, -0.05) is 6.07 Å². The molecule has 0 radical (unpaired) electrons. The van der Waals surface area contributed by atoms with Gasteiger partial charge in [-0.15, -0.1) is 0 Å². The van der Waals surface area contributed by atoms with Crippen molar-refractivity contribution in [1.29, 1.82) is 0 Å². The summed E-state index contributed by atoms with van der Waals surface area (Å²) in [6.07, 6.45) is 0. The summed E-state index contributed by atoms with van der Waals surface area (Å²) in [4.78, 5) is 2.38. The summed E-state index contributed by atoms with van der Waals surface area (Å²) >= 11 is 0. The highest BCUT2D eigenvalue weighted by molar-refractivity contribution is 5.21. The lowest BCUT2D eigenvalue weighted by Gasteiger charge is -2.31. The Morgan fingerprint density at radius 2 is 1.65 bits per heavy atom. The van der Waals surface area contributed by atoms with Crippen LogP contribution in [0.25, 0.3) is 0 Å². The SMILES string of the molecule is CC(NCCN(C(C)C)C(C)C)c1ccc(F)cc1F. The topological polar surface area (TPSA) is 15.3 Å². The molecule has 1 N–H and O–H groups in total. The summed E-state index contributed by atoms with van der Waals surface area (Å²) in [6, 6.07) is 4.57. The number of hydrogen-bond donors (Lipinski definition) is 1. The summed E-state index contributed by atoms with van der Waals surface area (Å²) < 4.78 is 26.5. The normalized spacial score (nSPS) is 13.5. The average molecular weight is 284 g/mol. The van der Waals surface area contributed by atoms with Gasteiger partial charge in [0, 0.05) is 42.8 Å². The molecule has 1 aromatic rings. The fourth-order valence-electron chi connectivity index (χ4n) is 2.49. The molecule has 0 aliphatic heterocycles. The highest BCUT2D eigenvalue weighted by atomic mass is 19.1. The Kier molecular flexibility index (Phi) is 6.56. The monoisotopic (exact) mass is 284 g/mol. The van der Waals surface area contributed by atoms with E-state index < -0.39 is 11.6 Å². The van der Waals surface area contributed by atoms with Crippen molar-refractivity contribution < 1.29 is 8.78 Å². The fourth-order valence-corrected chi connectivity index (χ4v) is 2.49. The fraction of sp³-hybridized carbons (Fsp3) is 0.625. The largest absolute Gasteiger partial charge is 0.309 e. The second kappa shape index (κ2) is 7.70. The molecule has 114 valence electrons. The van der Waals surface area contributed by atoms with Gasteiger partial charge in [-0.2, -0.15) is 0 Å². The quantitative estimate of drug-likeness (QED) is 0.820. The zero-order chi connectivity index (χ0) is 15.3. The molecule has 0 aliphatic carbocycles. The molecular formula is C16H26F2N2. The van der Waals surface area contributed by atoms with Crippen molar-refractivity contribution in [2.24, 2.45) is 0 Å². The minimum atomic E-state index is -0.538. The summed E-state index contributed by atoms with van der Waals surface area (Å²) in [5.74, 6) is -1.03. The van der Waals surface area contributed by atoms with E-state index >= 15 is 0 Å². The van der Waals surface area contributed by atoms with Gasteiger partial charge < -0.3 is 5.32 Å². The maximum absolute atomic E-state index is 13.7. The van der Waals surface area contributed by atoms with Crippen LogP contribution in [0, 0.1) is 11.6 Å². The van der Waals surface area contributed by atoms with Gasteiger partial charge in [0.25, 0.3) is 0 Å². The summed E-state index contributed by atoms with van der Waals surface area (Å²) in [7, 11) is 0. The maximum atomic E-state index is 13.7. The summed E-state index contributed by atoms with van der Waals surface area (Å²) in [5.41, 5.74) is 0.507. The van der Waals surface area contributed by atoms with Crippen molar-refractivity contribution in [3.05, 3.63) is 35.4 Å². The predicted molar refractivity (Wildman–Crippen MR) is 79.8 cm³/mol. The molecule has 1 atom stereocenters. The second-order valence-corrected chi connectivity index (χ2v) is 5.77. The molecule has 0 saturated heterocycles. The number of benzene rings is 1. The Labute approximate surface area is 121 Å². The van der Waals surface area contributed by atoms with E-state index in [9.17, 15) is 8.78 Å². The van der Waals surface area contributed by atoms with Crippen molar-refractivity contribution in [1.82, 2.24) is 10.2 Å². The van der Waals surface area contributed by atoms with Gasteiger partial charge in [-0.05, 0) is 40.7 Å². The Balaban J connectivity index is 2.53. The molecular weight excluding hydrogens is 258 g/mol. The molecule has 0 aliphatic rings. The van der Waals surface area contributed by atoms with E-state index in [0.29, 0.717) is 17.6 Å². The van der Waals surface area contributed by atoms with Crippen LogP contribution in [-0.2, 0) is 0 Å². The first-order chi connectivity index (χ1) is 9.32. The molecule has 4 heteroatoms. The average Bonchev–Trinajstić information content (AvgIpc) is 2.33. The molecule has 0 fully saturated rings. The van der Waals surface area contributed by atoms with Crippen LogP contribution < -0.4 is 5.32 Å². The highest BCUT2D eigenvalue weighted by Gasteiger charge is 2.15. The molecule has 2 nitrogen and oxygen atoms in total. The number of nitrogens with one attached hydrogen (secondary N) is 1. The Morgan fingerprint density at radius 3 is 2.15 bits per heavy atom. The second-order valence-electron chi connectivity index (χ2n) is 5.77. The zero-order valence-corrected chi connectivity index (χ0v) is 13.1. The zero-order valence-electron chi connectivity index (χ0n) is 13.1. The van der Waals surface area contributed by atoms with Crippen molar-refractivity contribution in [3.63, 3.8) is 0 Å². The van der Waals surface area contributed by atoms with Crippen LogP contribution in [0.3, 0.4) is 0 Å². The molecule has 0 aromatic heterocycles. The highest BCUT2D eigenvalue weighted by Crippen LogP contribution is 2.17. The summed E-state index contributed by atoms with van der Waals surface area (Å²) in [5, 5.41) is 3.30. The van der Waals surface area contributed by atoms with Crippen LogP contribution >= 0.6 is 0 Å². The first-order valence-corrected chi connectivity index (χ1v) is 7.27. The van der Waals surface area contributed by atoms with Gasteiger partial charge in [-0.25, -0.2) is 8.78 Å². The number of halogens is 2. The standard InChI is InChI=1S/C16H26F2N2/c1-11(2)20(12(3)4)9-8-19-13(5)15-7-6-14(17)10-16(15)18/h6-7,10-13,19H,8-9H2,1-5H3. The van der Waals surface area contributed by atoms with Crippen molar-refractivity contribution in [3.8, 4) is 0 Å². The molecule has 0 amide bonds. The van der Waals surface area contributed by atoms with Crippen molar-refractivity contribution >= 4 is 0 Å². The lowest BCUT2D eigenvalue weighted by molar-refractivity contribution is 0.174. The lowest BCUT2D eigenvalue weighted by atomic mass is 10.1. The number of rotatable bonds is 7. The van der Waals surface area contributed by atoms with Gasteiger partial charge in [-0.3, -0.25) is 4.90 Å². The van der Waals surface area contributed by atoms with Gasteiger partial charge in [0.05, 0.1) is 0 Å². The van der Waals surface area contributed by atoms with Crippen LogP contribution in [0.5, 0.6) is 0 Å². The molecule has 1 unspecified atom stereocenters. The molecule has 20 heavy (non-hydrogen) atoms. The number of hydrogen-bond acceptors (Lipinski definition) is 2. The van der Waals surface area contributed by atoms with Gasteiger partial charge in [0.15, 0.2) is 0 Å². The van der Waals surface area contributed by atoms with Crippen LogP contribution in [0.4, 0.5) is 8.78 Å². The molecule has 0 spiro atoms. The van der Waals surface area contributed by atoms with Crippen LogP contribution in [0.2, 0.25) is 0 Å². The minimum absolute atomic E-state index is 0.128.